The predicted octanol–water partition coefficient (Wildman–Crippen LogP) is 3.81. The van der Waals surface area contributed by atoms with E-state index in [-0.39, 0.29) is 0 Å². The first-order valence-electron chi connectivity index (χ1n) is 6.64. The van der Waals surface area contributed by atoms with E-state index in [1.807, 2.05) is 30.3 Å². The van der Waals surface area contributed by atoms with E-state index in [2.05, 4.69) is 0 Å². The van der Waals surface area contributed by atoms with Crippen molar-refractivity contribution in [3.63, 3.8) is 0 Å². The molecule has 1 aromatic carbocycles. The van der Waals surface area contributed by atoms with Gasteiger partial charge in [-0.15, -0.1) is 11.6 Å². The monoisotopic (exact) mass is 326 g/mol. The number of halogens is 2. The lowest BCUT2D eigenvalue weighted by Crippen LogP contribution is -2.35. The molecule has 0 saturated carbocycles. The molecule has 0 spiro atoms. The van der Waals surface area contributed by atoms with Gasteiger partial charge in [-0.25, -0.2) is 4.79 Å². The number of alkyl halides is 2. The Morgan fingerprint density at radius 1 is 1.33 bits per heavy atom. The largest absolute Gasteiger partial charge is 0.462 e. The Labute approximate surface area is 134 Å². The summed E-state index contributed by atoms with van der Waals surface area (Å²) >= 11 is 12.6. The van der Waals surface area contributed by atoms with Gasteiger partial charge in [0, 0.05) is 0 Å². The summed E-state index contributed by atoms with van der Waals surface area (Å²) < 4.78 is 10.6. The fraction of sp³-hybridized carbons (Fsp3) is 0.312. The second-order valence-electron chi connectivity index (χ2n) is 4.55. The lowest BCUT2D eigenvalue weighted by molar-refractivity contribution is -0.138. The normalized spacial score (nSPS) is 24.5. The summed E-state index contributed by atoms with van der Waals surface area (Å²) in [6.07, 6.45) is 4.72. The van der Waals surface area contributed by atoms with E-state index in [0.717, 1.165) is 5.56 Å². The Morgan fingerprint density at radius 2 is 2.05 bits per heavy atom. The van der Waals surface area contributed by atoms with Gasteiger partial charge in [-0.3, -0.25) is 0 Å². The molecule has 0 fully saturated rings. The first-order valence-corrected chi connectivity index (χ1v) is 7.45. The van der Waals surface area contributed by atoms with E-state index in [0.29, 0.717) is 18.8 Å². The van der Waals surface area contributed by atoms with E-state index < -0.39 is 16.4 Å². The Hall–Kier alpha value is -1.29. The molecule has 5 heteroatoms. The third-order valence-corrected chi connectivity index (χ3v) is 4.04. The van der Waals surface area contributed by atoms with Crippen LogP contribution in [0.5, 0.6) is 0 Å². The second-order valence-corrected chi connectivity index (χ2v) is 5.61. The van der Waals surface area contributed by atoms with Crippen molar-refractivity contribution < 1.29 is 14.3 Å². The minimum absolute atomic E-state index is 0.313. The zero-order valence-corrected chi connectivity index (χ0v) is 13.1. The zero-order valence-electron chi connectivity index (χ0n) is 11.6. The summed E-state index contributed by atoms with van der Waals surface area (Å²) in [6, 6.07) is 9.66. The minimum atomic E-state index is -1.17. The average molecular weight is 327 g/mol. The van der Waals surface area contributed by atoms with Crippen molar-refractivity contribution in [3.05, 3.63) is 59.7 Å². The van der Waals surface area contributed by atoms with E-state index in [1.54, 1.807) is 25.2 Å². The summed E-state index contributed by atoms with van der Waals surface area (Å²) in [5.41, 5.74) is 1.38. The smallest absolute Gasteiger partial charge is 0.337 e. The number of rotatable bonds is 5. The molecule has 2 atom stereocenters. The number of hydrogen-bond donors (Lipinski definition) is 0. The standard InChI is InChI=1S/C16H16Cl2O3/c1-2-20-15(19)13-8-9-16(18,14(17)10-13)21-11-12-6-4-3-5-7-12/h3-10,14H,2,11H2,1H3. The van der Waals surface area contributed by atoms with Crippen molar-refractivity contribution in [2.45, 2.75) is 24.0 Å². The molecule has 21 heavy (non-hydrogen) atoms. The van der Waals surface area contributed by atoms with Crippen LogP contribution < -0.4 is 0 Å². The maximum Gasteiger partial charge on any atom is 0.337 e. The first-order chi connectivity index (χ1) is 10.0. The molecule has 0 amide bonds. The molecule has 0 aromatic heterocycles. The highest BCUT2D eigenvalue weighted by Crippen LogP contribution is 2.34. The molecule has 112 valence electrons. The van der Waals surface area contributed by atoms with E-state index in [9.17, 15) is 4.79 Å². The molecule has 1 aliphatic carbocycles. The van der Waals surface area contributed by atoms with Crippen LogP contribution in [0, 0.1) is 0 Å². The van der Waals surface area contributed by atoms with Crippen LogP contribution >= 0.6 is 23.2 Å². The number of carbonyl (C=O) groups is 1. The van der Waals surface area contributed by atoms with Crippen molar-refractivity contribution in [2.24, 2.45) is 0 Å². The zero-order chi connectivity index (χ0) is 15.3. The highest BCUT2D eigenvalue weighted by molar-refractivity contribution is 6.34. The van der Waals surface area contributed by atoms with Crippen LogP contribution in [0.1, 0.15) is 12.5 Å². The molecule has 2 rings (SSSR count). The summed E-state index contributed by atoms with van der Waals surface area (Å²) in [4.78, 5) is 11.6. The van der Waals surface area contributed by atoms with Crippen LogP contribution in [0.4, 0.5) is 0 Å². The maximum absolute atomic E-state index is 11.6. The Balaban J connectivity index is 2.02. The topological polar surface area (TPSA) is 35.5 Å². The van der Waals surface area contributed by atoms with Gasteiger partial charge in [-0.1, -0.05) is 41.9 Å². The Morgan fingerprint density at radius 3 is 2.67 bits per heavy atom. The quantitative estimate of drug-likeness (QED) is 0.609. The summed E-state index contributed by atoms with van der Waals surface area (Å²) in [5.74, 6) is -0.416. The van der Waals surface area contributed by atoms with E-state index in [1.165, 1.54) is 0 Å². The third kappa shape index (κ3) is 4.10. The van der Waals surface area contributed by atoms with Crippen molar-refractivity contribution in [1.82, 2.24) is 0 Å². The number of benzene rings is 1. The highest BCUT2D eigenvalue weighted by atomic mass is 35.5. The van der Waals surface area contributed by atoms with Gasteiger partial charge in [0.15, 0.2) is 5.06 Å². The van der Waals surface area contributed by atoms with Gasteiger partial charge in [0.1, 0.15) is 0 Å². The molecule has 1 aliphatic rings. The summed E-state index contributed by atoms with van der Waals surface area (Å²) in [6.45, 7) is 2.39. The van der Waals surface area contributed by atoms with Gasteiger partial charge in [0.25, 0.3) is 0 Å². The van der Waals surface area contributed by atoms with Crippen molar-refractivity contribution in [3.8, 4) is 0 Å². The molecule has 0 heterocycles. The SMILES string of the molecule is CCOC(=O)C1=CC(Cl)C(Cl)(OCc2ccccc2)C=C1. The van der Waals surface area contributed by atoms with Crippen LogP contribution in [-0.4, -0.2) is 23.0 Å². The number of hydrogen-bond acceptors (Lipinski definition) is 3. The minimum Gasteiger partial charge on any atom is -0.462 e. The summed E-state index contributed by atoms with van der Waals surface area (Å²) in [7, 11) is 0. The van der Waals surface area contributed by atoms with Crippen LogP contribution in [0.15, 0.2) is 54.1 Å². The highest BCUT2D eigenvalue weighted by Gasteiger charge is 2.36. The molecule has 0 N–H and O–H groups in total. The third-order valence-electron chi connectivity index (χ3n) is 3.01. The molecule has 0 aliphatic heterocycles. The predicted molar refractivity (Wildman–Crippen MR) is 83.3 cm³/mol. The molecule has 0 radical (unpaired) electrons. The number of ether oxygens (including phenoxy) is 2. The fourth-order valence-electron chi connectivity index (χ4n) is 1.87. The van der Waals surface area contributed by atoms with Gasteiger partial charge in [-0.2, -0.15) is 0 Å². The van der Waals surface area contributed by atoms with E-state index >= 15 is 0 Å². The molecule has 1 aromatic rings. The average Bonchev–Trinajstić information content (AvgIpc) is 2.49. The molecule has 0 bridgehead atoms. The van der Waals surface area contributed by atoms with Gasteiger partial charge in [0.2, 0.25) is 0 Å². The van der Waals surface area contributed by atoms with Crippen molar-refractivity contribution >= 4 is 29.2 Å². The van der Waals surface area contributed by atoms with Crippen LogP contribution in [0.2, 0.25) is 0 Å². The lowest BCUT2D eigenvalue weighted by atomic mass is 10.0. The van der Waals surface area contributed by atoms with Crippen LogP contribution in [-0.2, 0) is 20.9 Å². The second kappa shape index (κ2) is 7.12. The number of esters is 1. The number of carbonyl (C=O) groups excluding carboxylic acids is 1. The lowest BCUT2D eigenvalue weighted by Gasteiger charge is -2.30. The fourth-order valence-corrected chi connectivity index (χ4v) is 2.32. The van der Waals surface area contributed by atoms with Crippen LogP contribution in [0.3, 0.4) is 0 Å². The molecular weight excluding hydrogens is 311 g/mol. The molecule has 3 nitrogen and oxygen atoms in total. The van der Waals surface area contributed by atoms with Gasteiger partial charge in [-0.05, 0) is 30.7 Å². The Bertz CT molecular complexity index is 554. The molecule has 0 saturated heterocycles. The van der Waals surface area contributed by atoms with Gasteiger partial charge >= 0.3 is 5.97 Å². The van der Waals surface area contributed by atoms with Crippen LogP contribution in [0.25, 0.3) is 0 Å². The first kappa shape index (κ1) is 16.1. The van der Waals surface area contributed by atoms with Gasteiger partial charge in [0.05, 0.1) is 24.2 Å². The van der Waals surface area contributed by atoms with Gasteiger partial charge < -0.3 is 9.47 Å². The van der Waals surface area contributed by atoms with Crippen molar-refractivity contribution in [1.29, 1.82) is 0 Å². The maximum atomic E-state index is 11.6. The summed E-state index contributed by atoms with van der Waals surface area (Å²) in [5, 5.41) is -1.83. The molecule has 2 unspecified atom stereocenters. The van der Waals surface area contributed by atoms with E-state index in [4.69, 9.17) is 32.7 Å². The van der Waals surface area contributed by atoms with Crippen molar-refractivity contribution in [2.75, 3.05) is 6.61 Å². The Kier molecular flexibility index (Phi) is 5.45. The molecular formula is C16H16Cl2O3.